The number of nitro groups is 1. The van der Waals surface area contributed by atoms with E-state index in [-0.39, 0.29) is 10.6 Å². The van der Waals surface area contributed by atoms with E-state index in [1.165, 1.54) is 12.1 Å². The summed E-state index contributed by atoms with van der Waals surface area (Å²) in [7, 11) is 2.12. The maximum absolute atomic E-state index is 11.6. The predicted octanol–water partition coefficient (Wildman–Crippen LogP) is 2.70. The zero-order chi connectivity index (χ0) is 18.8. The Bertz CT molecular complexity index is 895. The smallest absolute Gasteiger partial charge is 0.293 e. The number of hydrogen-bond acceptors (Lipinski definition) is 6. The highest BCUT2D eigenvalue weighted by Crippen LogP contribution is 2.31. The van der Waals surface area contributed by atoms with Gasteiger partial charge in [-0.1, -0.05) is 12.1 Å². The van der Waals surface area contributed by atoms with Crippen molar-refractivity contribution >= 4 is 26.9 Å². The van der Waals surface area contributed by atoms with Crippen LogP contribution in [-0.4, -0.2) is 40.7 Å². The molecule has 0 bridgehead atoms. The van der Waals surface area contributed by atoms with E-state index in [1.54, 1.807) is 11.9 Å². The van der Waals surface area contributed by atoms with Crippen LogP contribution in [0.3, 0.4) is 0 Å². The van der Waals surface area contributed by atoms with Crippen LogP contribution in [0.1, 0.15) is 5.56 Å². The van der Waals surface area contributed by atoms with Crippen molar-refractivity contribution in [2.24, 2.45) is 0 Å². The molecule has 2 rings (SSSR count). The first kappa shape index (κ1) is 18.7. The molecule has 0 unspecified atom stereocenters. The van der Waals surface area contributed by atoms with Gasteiger partial charge in [-0.3, -0.25) is 10.1 Å². The summed E-state index contributed by atoms with van der Waals surface area (Å²) >= 11 is 0. The van der Waals surface area contributed by atoms with Crippen LogP contribution >= 0.6 is 0 Å². The first-order valence-corrected chi connectivity index (χ1v) is 9.44. The second kappa shape index (κ2) is 7.10. The number of hydrogen-bond donors (Lipinski definition) is 0. The van der Waals surface area contributed by atoms with Crippen LogP contribution in [0.15, 0.2) is 47.4 Å². The van der Waals surface area contributed by atoms with Gasteiger partial charge < -0.3 is 9.80 Å². The van der Waals surface area contributed by atoms with Gasteiger partial charge in [0.1, 0.15) is 5.69 Å². The molecular formula is C17H21N3O4S. The zero-order valence-electron chi connectivity index (χ0n) is 14.6. The van der Waals surface area contributed by atoms with Gasteiger partial charge in [-0.15, -0.1) is 0 Å². The molecule has 0 aliphatic rings. The molecule has 2 aromatic rings. The lowest BCUT2D eigenvalue weighted by Crippen LogP contribution is -2.18. The monoisotopic (exact) mass is 363 g/mol. The van der Waals surface area contributed by atoms with E-state index >= 15 is 0 Å². The van der Waals surface area contributed by atoms with Crippen LogP contribution in [0.5, 0.6) is 0 Å². The number of sulfone groups is 1. The highest BCUT2D eigenvalue weighted by molar-refractivity contribution is 7.90. The highest BCUT2D eigenvalue weighted by Gasteiger charge is 2.21. The van der Waals surface area contributed by atoms with Crippen molar-refractivity contribution in [2.75, 3.05) is 37.2 Å². The highest BCUT2D eigenvalue weighted by atomic mass is 32.2. The van der Waals surface area contributed by atoms with Crippen molar-refractivity contribution in [1.29, 1.82) is 0 Å². The van der Waals surface area contributed by atoms with E-state index in [4.69, 9.17) is 0 Å². The van der Waals surface area contributed by atoms with Gasteiger partial charge in [-0.25, -0.2) is 8.42 Å². The summed E-state index contributed by atoms with van der Waals surface area (Å²) in [5, 5.41) is 11.4. The van der Waals surface area contributed by atoms with Gasteiger partial charge in [0.15, 0.2) is 9.84 Å². The van der Waals surface area contributed by atoms with Crippen LogP contribution < -0.4 is 9.80 Å². The fraction of sp³-hybridized carbons (Fsp3) is 0.294. The molecule has 0 spiro atoms. The molecule has 134 valence electrons. The summed E-state index contributed by atoms with van der Waals surface area (Å²) in [6.07, 6.45) is 1.03. The van der Waals surface area contributed by atoms with Gasteiger partial charge in [0.2, 0.25) is 0 Å². The Morgan fingerprint density at radius 3 is 2.32 bits per heavy atom. The summed E-state index contributed by atoms with van der Waals surface area (Å²) in [5.41, 5.74) is 2.17. The Morgan fingerprint density at radius 1 is 1.08 bits per heavy atom. The maximum atomic E-state index is 11.6. The Labute approximate surface area is 147 Å². The number of benzene rings is 2. The molecule has 0 aliphatic heterocycles. The predicted molar refractivity (Wildman–Crippen MR) is 99.1 cm³/mol. The molecule has 0 aliphatic carbocycles. The molecule has 7 nitrogen and oxygen atoms in total. The van der Waals surface area contributed by atoms with Crippen molar-refractivity contribution in [3.05, 3.63) is 58.1 Å². The lowest BCUT2D eigenvalue weighted by atomic mass is 10.1. The minimum Gasteiger partial charge on any atom is -0.378 e. The van der Waals surface area contributed by atoms with Crippen LogP contribution in [0.4, 0.5) is 17.1 Å². The third kappa shape index (κ3) is 4.48. The molecule has 0 fully saturated rings. The molecule has 0 saturated carbocycles. The van der Waals surface area contributed by atoms with Crippen LogP contribution in [-0.2, 0) is 16.4 Å². The van der Waals surface area contributed by atoms with Crippen LogP contribution in [0.2, 0.25) is 0 Å². The molecule has 0 heterocycles. The second-order valence-corrected chi connectivity index (χ2v) is 8.12. The Morgan fingerprint density at radius 2 is 1.76 bits per heavy atom. The lowest BCUT2D eigenvalue weighted by molar-refractivity contribution is -0.384. The molecular weight excluding hydrogens is 342 g/mol. The summed E-state index contributed by atoms with van der Waals surface area (Å²) in [6.45, 7) is 0.459. The van der Waals surface area contributed by atoms with Crippen molar-refractivity contribution in [2.45, 2.75) is 11.4 Å². The minimum absolute atomic E-state index is 0.0639. The van der Waals surface area contributed by atoms with E-state index < -0.39 is 14.8 Å². The number of nitrogens with zero attached hydrogens (tertiary/aromatic N) is 3. The summed E-state index contributed by atoms with van der Waals surface area (Å²) in [5.74, 6) is 0. The minimum atomic E-state index is -3.50. The van der Waals surface area contributed by atoms with Crippen molar-refractivity contribution < 1.29 is 13.3 Å². The summed E-state index contributed by atoms with van der Waals surface area (Å²) in [4.78, 5) is 14.5. The summed E-state index contributed by atoms with van der Waals surface area (Å²) in [6, 6.07) is 11.8. The largest absolute Gasteiger partial charge is 0.378 e. The average Bonchev–Trinajstić information content (AvgIpc) is 2.53. The number of nitro benzene ring substituents is 1. The Hall–Kier alpha value is -2.61. The molecule has 2 aromatic carbocycles. The fourth-order valence-electron chi connectivity index (χ4n) is 2.49. The zero-order valence-corrected chi connectivity index (χ0v) is 15.4. The first-order valence-electron chi connectivity index (χ1n) is 7.55. The third-order valence-corrected chi connectivity index (χ3v) is 4.94. The Kier molecular flexibility index (Phi) is 5.32. The molecule has 0 saturated heterocycles. The van der Waals surface area contributed by atoms with Crippen LogP contribution in [0, 0.1) is 10.1 Å². The van der Waals surface area contributed by atoms with E-state index in [9.17, 15) is 18.5 Å². The van der Waals surface area contributed by atoms with Gasteiger partial charge in [-0.05, 0) is 29.8 Å². The molecule has 0 atom stereocenters. The van der Waals surface area contributed by atoms with Gasteiger partial charge in [0.25, 0.3) is 5.69 Å². The molecule has 25 heavy (non-hydrogen) atoms. The molecule has 0 amide bonds. The van der Waals surface area contributed by atoms with Gasteiger partial charge in [-0.2, -0.15) is 0 Å². The van der Waals surface area contributed by atoms with Gasteiger partial charge in [0.05, 0.1) is 9.82 Å². The molecule has 8 heteroatoms. The Balaban J connectivity index is 2.37. The average molecular weight is 363 g/mol. The van der Waals surface area contributed by atoms with Crippen molar-refractivity contribution in [1.82, 2.24) is 0 Å². The SMILES string of the molecule is CN(C)c1cccc(CN(C)c2ccc(S(C)(=O)=O)cc2[N+](=O)[O-])c1. The molecule has 0 radical (unpaired) electrons. The van der Waals surface area contributed by atoms with Crippen LogP contribution in [0.25, 0.3) is 0 Å². The molecule has 0 aromatic heterocycles. The van der Waals surface area contributed by atoms with E-state index in [0.29, 0.717) is 12.2 Å². The number of anilines is 2. The van der Waals surface area contributed by atoms with Gasteiger partial charge >= 0.3 is 0 Å². The lowest BCUT2D eigenvalue weighted by Gasteiger charge is -2.21. The van der Waals surface area contributed by atoms with E-state index in [2.05, 4.69) is 0 Å². The van der Waals surface area contributed by atoms with Crippen molar-refractivity contribution in [3.63, 3.8) is 0 Å². The van der Waals surface area contributed by atoms with Crippen molar-refractivity contribution in [3.8, 4) is 0 Å². The molecule has 0 N–H and O–H groups in total. The van der Waals surface area contributed by atoms with E-state index in [0.717, 1.165) is 23.6 Å². The third-order valence-electron chi connectivity index (χ3n) is 3.83. The van der Waals surface area contributed by atoms with E-state index in [1.807, 2.05) is 43.3 Å². The first-order chi connectivity index (χ1) is 11.6. The van der Waals surface area contributed by atoms with Gasteiger partial charge in [0, 0.05) is 45.7 Å². The number of rotatable bonds is 6. The standard InChI is InChI=1S/C17H21N3O4S/c1-18(2)14-7-5-6-13(10-14)12-19(3)16-9-8-15(25(4,23)24)11-17(16)20(21)22/h5-11H,12H2,1-4H3. The fourth-order valence-corrected chi connectivity index (χ4v) is 3.14. The quantitative estimate of drug-likeness (QED) is 0.580. The maximum Gasteiger partial charge on any atom is 0.293 e. The summed E-state index contributed by atoms with van der Waals surface area (Å²) < 4.78 is 23.3. The normalized spacial score (nSPS) is 11.2. The second-order valence-electron chi connectivity index (χ2n) is 6.10. The topological polar surface area (TPSA) is 83.8 Å².